The molecule has 1 aliphatic rings. The van der Waals surface area contributed by atoms with Gasteiger partial charge in [0.1, 0.15) is 11.8 Å². The van der Waals surface area contributed by atoms with E-state index in [1.165, 1.54) is 11.1 Å². The molecule has 0 radical (unpaired) electrons. The summed E-state index contributed by atoms with van der Waals surface area (Å²) in [5.41, 5.74) is 2.35. The molecular formula is C15H21NO3. The number of esters is 1. The zero-order chi connectivity index (χ0) is 13.8. The molecule has 0 aromatic heterocycles. The first kappa shape index (κ1) is 13.9. The Balaban J connectivity index is 2.09. The van der Waals surface area contributed by atoms with Gasteiger partial charge in [-0.3, -0.25) is 10.1 Å². The van der Waals surface area contributed by atoms with Crippen molar-refractivity contribution in [3.05, 3.63) is 29.3 Å². The molecule has 0 spiro atoms. The number of nitrogens with one attached hydrogen (secondary N) is 1. The minimum Gasteiger partial charge on any atom is -0.508 e. The number of carbonyl (C=O) groups is 1. The maximum atomic E-state index is 11.7. The lowest BCUT2D eigenvalue weighted by atomic mass is 9.87. The second-order valence-corrected chi connectivity index (χ2v) is 4.97. The van der Waals surface area contributed by atoms with Gasteiger partial charge in [-0.15, -0.1) is 0 Å². The molecule has 0 saturated carbocycles. The molecule has 2 unspecified atom stereocenters. The Labute approximate surface area is 113 Å². The quantitative estimate of drug-likeness (QED) is 0.818. The van der Waals surface area contributed by atoms with Gasteiger partial charge in [-0.05, 0) is 56.4 Å². The Morgan fingerprint density at radius 1 is 1.58 bits per heavy atom. The van der Waals surface area contributed by atoms with Crippen LogP contribution in [0.2, 0.25) is 0 Å². The third-order valence-corrected chi connectivity index (χ3v) is 3.53. The van der Waals surface area contributed by atoms with E-state index in [0.29, 0.717) is 12.4 Å². The average molecular weight is 263 g/mol. The third-order valence-electron chi connectivity index (χ3n) is 3.53. The highest BCUT2D eigenvalue weighted by Crippen LogP contribution is 2.32. The van der Waals surface area contributed by atoms with Crippen LogP contribution in [0.15, 0.2) is 18.2 Å². The van der Waals surface area contributed by atoms with Crippen molar-refractivity contribution in [1.29, 1.82) is 0 Å². The Bertz CT molecular complexity index is 459. The van der Waals surface area contributed by atoms with E-state index in [9.17, 15) is 9.90 Å². The number of rotatable bonds is 4. The van der Waals surface area contributed by atoms with Crippen molar-refractivity contribution in [3.8, 4) is 5.75 Å². The number of phenols is 1. The summed E-state index contributed by atoms with van der Waals surface area (Å²) in [6.45, 7) is 4.04. The van der Waals surface area contributed by atoms with E-state index in [2.05, 4.69) is 5.32 Å². The average Bonchev–Trinajstić information content (AvgIpc) is 2.38. The second-order valence-electron chi connectivity index (χ2n) is 4.97. The van der Waals surface area contributed by atoms with Gasteiger partial charge in [0.25, 0.3) is 0 Å². The molecule has 0 saturated heterocycles. The van der Waals surface area contributed by atoms with Crippen molar-refractivity contribution in [2.24, 2.45) is 0 Å². The molecule has 2 N–H and O–H groups in total. The molecule has 19 heavy (non-hydrogen) atoms. The fourth-order valence-corrected chi connectivity index (χ4v) is 2.61. The fourth-order valence-electron chi connectivity index (χ4n) is 2.61. The number of aryl methyl sites for hydroxylation is 1. The summed E-state index contributed by atoms with van der Waals surface area (Å²) in [6, 6.07) is 5.30. The number of phenolic OH excluding ortho intramolecular Hbond substituents is 1. The van der Waals surface area contributed by atoms with E-state index in [1.54, 1.807) is 6.07 Å². The van der Waals surface area contributed by atoms with Gasteiger partial charge in [0.05, 0.1) is 6.61 Å². The highest BCUT2D eigenvalue weighted by molar-refractivity contribution is 5.75. The topological polar surface area (TPSA) is 58.6 Å². The van der Waals surface area contributed by atoms with Crippen LogP contribution in [0.4, 0.5) is 0 Å². The summed E-state index contributed by atoms with van der Waals surface area (Å²) >= 11 is 0. The van der Waals surface area contributed by atoms with Gasteiger partial charge in [0.15, 0.2) is 0 Å². The van der Waals surface area contributed by atoms with E-state index in [0.717, 1.165) is 19.3 Å². The first-order valence-electron chi connectivity index (χ1n) is 6.86. The number of aromatic hydroxyl groups is 1. The second kappa shape index (κ2) is 6.06. The molecule has 104 valence electrons. The Kier molecular flexibility index (Phi) is 4.43. The van der Waals surface area contributed by atoms with E-state index in [4.69, 9.17) is 4.74 Å². The lowest BCUT2D eigenvalue weighted by molar-refractivity contribution is -0.145. The zero-order valence-electron chi connectivity index (χ0n) is 11.5. The number of carbonyl (C=O) groups excluding carboxylic acids is 1. The molecule has 2 atom stereocenters. The van der Waals surface area contributed by atoms with Gasteiger partial charge in [-0.2, -0.15) is 0 Å². The van der Waals surface area contributed by atoms with Gasteiger partial charge in [0.2, 0.25) is 0 Å². The molecule has 1 aromatic rings. The van der Waals surface area contributed by atoms with E-state index in [1.807, 2.05) is 26.0 Å². The summed E-state index contributed by atoms with van der Waals surface area (Å²) in [7, 11) is 0. The van der Waals surface area contributed by atoms with Gasteiger partial charge in [0, 0.05) is 6.04 Å². The van der Waals surface area contributed by atoms with E-state index in [-0.39, 0.29) is 18.1 Å². The highest BCUT2D eigenvalue weighted by Gasteiger charge is 2.24. The summed E-state index contributed by atoms with van der Waals surface area (Å²) in [5, 5.41) is 12.8. The number of fused-ring (bicyclic) bond motifs is 1. The number of hydrogen-bond donors (Lipinski definition) is 2. The largest absolute Gasteiger partial charge is 0.508 e. The molecule has 1 aromatic carbocycles. The molecular weight excluding hydrogens is 242 g/mol. The highest BCUT2D eigenvalue weighted by atomic mass is 16.5. The zero-order valence-corrected chi connectivity index (χ0v) is 11.5. The van der Waals surface area contributed by atoms with Gasteiger partial charge in [-0.25, -0.2) is 0 Å². The molecule has 1 aliphatic carbocycles. The monoisotopic (exact) mass is 263 g/mol. The van der Waals surface area contributed by atoms with Crippen molar-refractivity contribution in [2.75, 3.05) is 6.61 Å². The molecule has 2 rings (SSSR count). The van der Waals surface area contributed by atoms with Gasteiger partial charge < -0.3 is 9.84 Å². The van der Waals surface area contributed by atoms with Crippen LogP contribution in [0.5, 0.6) is 5.75 Å². The van der Waals surface area contributed by atoms with Crippen LogP contribution in [-0.2, 0) is 16.0 Å². The number of ether oxygens (including phenoxy) is 1. The van der Waals surface area contributed by atoms with Crippen LogP contribution < -0.4 is 5.32 Å². The summed E-state index contributed by atoms with van der Waals surface area (Å²) in [6.07, 6.45) is 3.04. The van der Waals surface area contributed by atoms with Crippen LogP contribution in [0.1, 0.15) is 43.9 Å². The lowest BCUT2D eigenvalue weighted by Crippen LogP contribution is -2.39. The molecule has 4 nitrogen and oxygen atoms in total. The first-order chi connectivity index (χ1) is 9.11. The van der Waals surface area contributed by atoms with Crippen molar-refractivity contribution in [3.63, 3.8) is 0 Å². The Morgan fingerprint density at radius 3 is 3.11 bits per heavy atom. The van der Waals surface area contributed by atoms with Crippen molar-refractivity contribution < 1.29 is 14.6 Å². The van der Waals surface area contributed by atoms with E-state index < -0.39 is 0 Å². The Hall–Kier alpha value is -1.55. The molecule has 0 bridgehead atoms. The smallest absolute Gasteiger partial charge is 0.322 e. The minimum absolute atomic E-state index is 0.156. The van der Waals surface area contributed by atoms with Crippen molar-refractivity contribution in [1.82, 2.24) is 5.32 Å². The van der Waals surface area contributed by atoms with Crippen LogP contribution >= 0.6 is 0 Å². The SMILES string of the molecule is CCOC(=O)C(C)NC1CCCc2cc(O)ccc21. The van der Waals surface area contributed by atoms with Crippen molar-refractivity contribution >= 4 is 5.97 Å². The van der Waals surface area contributed by atoms with Crippen LogP contribution in [0.3, 0.4) is 0 Å². The predicted molar refractivity (Wildman–Crippen MR) is 73.0 cm³/mol. The molecule has 0 aliphatic heterocycles. The van der Waals surface area contributed by atoms with Crippen LogP contribution in [0, 0.1) is 0 Å². The number of benzene rings is 1. The maximum absolute atomic E-state index is 11.7. The molecule has 0 heterocycles. The summed E-state index contributed by atoms with van der Waals surface area (Å²) < 4.78 is 5.01. The van der Waals surface area contributed by atoms with Crippen molar-refractivity contribution in [2.45, 2.75) is 45.2 Å². The summed E-state index contributed by atoms with van der Waals surface area (Å²) in [4.78, 5) is 11.7. The van der Waals surface area contributed by atoms with Gasteiger partial charge >= 0.3 is 5.97 Å². The lowest BCUT2D eigenvalue weighted by Gasteiger charge is -2.28. The first-order valence-corrected chi connectivity index (χ1v) is 6.86. The molecule has 0 fully saturated rings. The fraction of sp³-hybridized carbons (Fsp3) is 0.533. The standard InChI is InChI=1S/C15H21NO3/c1-3-19-15(18)10(2)16-14-6-4-5-11-9-12(17)7-8-13(11)14/h7-10,14,16-17H,3-6H2,1-2H3. The van der Waals surface area contributed by atoms with Gasteiger partial charge in [-0.1, -0.05) is 6.07 Å². The maximum Gasteiger partial charge on any atom is 0.322 e. The molecule has 4 heteroatoms. The Morgan fingerprint density at radius 2 is 2.37 bits per heavy atom. The predicted octanol–water partition coefficient (Wildman–Crippen LogP) is 2.31. The van der Waals surface area contributed by atoms with Crippen LogP contribution in [0.25, 0.3) is 0 Å². The summed E-state index contributed by atoms with van der Waals surface area (Å²) in [5.74, 6) is 0.0891. The van der Waals surface area contributed by atoms with E-state index >= 15 is 0 Å². The van der Waals surface area contributed by atoms with Crippen LogP contribution in [-0.4, -0.2) is 23.7 Å². The minimum atomic E-state index is -0.315. The number of hydrogen-bond acceptors (Lipinski definition) is 4. The normalized spacial score (nSPS) is 19.6. The third kappa shape index (κ3) is 3.26. The molecule has 0 amide bonds.